The SMILES string of the molecule is O=S(=O)(NC[C@@]1(N2CCOCC2)CCSC1)c1ccccc1. The van der Waals surface area contributed by atoms with Crippen LogP contribution in [0.15, 0.2) is 35.2 Å². The molecule has 0 saturated carbocycles. The Bertz CT molecular complexity index is 580. The smallest absolute Gasteiger partial charge is 0.240 e. The summed E-state index contributed by atoms with van der Waals surface area (Å²) >= 11 is 1.90. The summed E-state index contributed by atoms with van der Waals surface area (Å²) in [5.74, 6) is 2.06. The van der Waals surface area contributed by atoms with E-state index in [0.29, 0.717) is 11.4 Å². The van der Waals surface area contributed by atoms with E-state index in [9.17, 15) is 8.42 Å². The molecule has 2 aliphatic heterocycles. The molecule has 1 N–H and O–H groups in total. The van der Waals surface area contributed by atoms with Crippen molar-refractivity contribution >= 4 is 21.8 Å². The Morgan fingerprint density at radius 2 is 1.95 bits per heavy atom. The van der Waals surface area contributed by atoms with E-state index < -0.39 is 10.0 Å². The lowest BCUT2D eigenvalue weighted by atomic mass is 9.96. The third-order valence-electron chi connectivity index (χ3n) is 4.41. The van der Waals surface area contributed by atoms with Gasteiger partial charge in [0, 0.05) is 30.9 Å². The summed E-state index contributed by atoms with van der Waals surface area (Å²) in [7, 11) is -3.44. The highest BCUT2D eigenvalue weighted by atomic mass is 32.2. The van der Waals surface area contributed by atoms with E-state index >= 15 is 0 Å². The molecule has 7 heteroatoms. The Balaban J connectivity index is 1.72. The Labute approximate surface area is 136 Å². The lowest BCUT2D eigenvalue weighted by Gasteiger charge is -2.43. The molecule has 22 heavy (non-hydrogen) atoms. The topological polar surface area (TPSA) is 58.6 Å². The van der Waals surface area contributed by atoms with Crippen molar-refractivity contribution in [1.82, 2.24) is 9.62 Å². The van der Waals surface area contributed by atoms with Crippen LogP contribution in [0.25, 0.3) is 0 Å². The van der Waals surface area contributed by atoms with Crippen molar-refractivity contribution in [2.45, 2.75) is 16.9 Å². The van der Waals surface area contributed by atoms with E-state index in [1.165, 1.54) is 0 Å². The third kappa shape index (κ3) is 3.49. The van der Waals surface area contributed by atoms with Crippen LogP contribution < -0.4 is 4.72 Å². The Morgan fingerprint density at radius 3 is 2.59 bits per heavy atom. The fraction of sp³-hybridized carbons (Fsp3) is 0.600. The van der Waals surface area contributed by atoms with Crippen molar-refractivity contribution < 1.29 is 13.2 Å². The molecule has 0 aliphatic carbocycles. The van der Waals surface area contributed by atoms with E-state index in [0.717, 1.165) is 44.2 Å². The summed E-state index contributed by atoms with van der Waals surface area (Å²) in [5.41, 5.74) is -0.0731. The summed E-state index contributed by atoms with van der Waals surface area (Å²) < 4.78 is 33.2. The zero-order chi connectivity index (χ0) is 15.5. The fourth-order valence-corrected chi connectivity index (χ4v) is 5.67. The monoisotopic (exact) mass is 342 g/mol. The number of morpholine rings is 1. The van der Waals surface area contributed by atoms with E-state index in [1.54, 1.807) is 24.3 Å². The lowest BCUT2D eigenvalue weighted by molar-refractivity contribution is -0.0117. The first kappa shape index (κ1) is 16.3. The zero-order valence-corrected chi connectivity index (χ0v) is 14.2. The molecule has 1 aromatic carbocycles. The summed E-state index contributed by atoms with van der Waals surface area (Å²) in [6, 6.07) is 8.58. The van der Waals surface area contributed by atoms with Crippen LogP contribution in [-0.4, -0.2) is 63.2 Å². The number of hydrogen-bond donors (Lipinski definition) is 1. The van der Waals surface area contributed by atoms with Crippen LogP contribution in [0.5, 0.6) is 0 Å². The van der Waals surface area contributed by atoms with Gasteiger partial charge in [-0.05, 0) is 24.3 Å². The predicted molar refractivity (Wildman–Crippen MR) is 88.7 cm³/mol. The maximum absolute atomic E-state index is 12.5. The van der Waals surface area contributed by atoms with Crippen molar-refractivity contribution in [3.8, 4) is 0 Å². The van der Waals surface area contributed by atoms with Crippen molar-refractivity contribution in [1.29, 1.82) is 0 Å². The molecule has 122 valence electrons. The highest BCUT2D eigenvalue weighted by Crippen LogP contribution is 2.33. The van der Waals surface area contributed by atoms with Crippen LogP contribution >= 0.6 is 11.8 Å². The number of thioether (sulfide) groups is 1. The first-order chi connectivity index (χ1) is 10.6. The second kappa shape index (κ2) is 6.88. The molecule has 1 atom stereocenters. The van der Waals surface area contributed by atoms with Gasteiger partial charge in [-0.2, -0.15) is 11.8 Å². The molecule has 2 heterocycles. The van der Waals surface area contributed by atoms with E-state index in [4.69, 9.17) is 4.74 Å². The Hall–Kier alpha value is -0.600. The molecule has 2 fully saturated rings. The largest absolute Gasteiger partial charge is 0.379 e. The maximum atomic E-state index is 12.5. The average Bonchev–Trinajstić information content (AvgIpc) is 3.05. The molecule has 0 aromatic heterocycles. The molecule has 0 unspecified atom stereocenters. The number of nitrogens with zero attached hydrogens (tertiary/aromatic N) is 1. The van der Waals surface area contributed by atoms with Crippen LogP contribution in [0.4, 0.5) is 0 Å². The third-order valence-corrected chi connectivity index (χ3v) is 7.06. The lowest BCUT2D eigenvalue weighted by Crippen LogP contribution is -2.59. The number of benzene rings is 1. The summed E-state index contributed by atoms with van der Waals surface area (Å²) in [4.78, 5) is 2.74. The molecule has 0 spiro atoms. The highest BCUT2D eigenvalue weighted by molar-refractivity contribution is 7.99. The number of nitrogens with one attached hydrogen (secondary N) is 1. The van der Waals surface area contributed by atoms with Crippen LogP contribution in [0.3, 0.4) is 0 Å². The molecule has 5 nitrogen and oxygen atoms in total. The molecule has 3 rings (SSSR count). The zero-order valence-electron chi connectivity index (χ0n) is 12.5. The van der Waals surface area contributed by atoms with Crippen molar-refractivity contribution in [2.75, 3.05) is 44.4 Å². The van der Waals surface area contributed by atoms with Gasteiger partial charge in [0.15, 0.2) is 0 Å². The van der Waals surface area contributed by atoms with Gasteiger partial charge >= 0.3 is 0 Å². The first-order valence-corrected chi connectivity index (χ1v) is 10.2. The van der Waals surface area contributed by atoms with Crippen LogP contribution in [0, 0.1) is 0 Å². The van der Waals surface area contributed by atoms with Crippen molar-refractivity contribution in [3.63, 3.8) is 0 Å². The number of sulfonamides is 1. The van der Waals surface area contributed by atoms with E-state index in [-0.39, 0.29) is 5.54 Å². The molecular weight excluding hydrogens is 320 g/mol. The predicted octanol–water partition coefficient (Wildman–Crippen LogP) is 1.17. The second-order valence-electron chi connectivity index (χ2n) is 5.76. The van der Waals surface area contributed by atoms with E-state index in [1.807, 2.05) is 17.8 Å². The quantitative estimate of drug-likeness (QED) is 0.871. The van der Waals surface area contributed by atoms with Gasteiger partial charge in [0.2, 0.25) is 10.0 Å². The minimum Gasteiger partial charge on any atom is -0.379 e. The van der Waals surface area contributed by atoms with Gasteiger partial charge in [-0.15, -0.1) is 0 Å². The minimum atomic E-state index is -3.44. The van der Waals surface area contributed by atoms with Crippen LogP contribution in [0.1, 0.15) is 6.42 Å². The van der Waals surface area contributed by atoms with E-state index in [2.05, 4.69) is 9.62 Å². The normalized spacial score (nSPS) is 27.1. The standard InChI is InChI=1S/C15H22N2O3S2/c18-22(19,14-4-2-1-3-5-14)16-12-15(6-11-21-13-15)17-7-9-20-10-8-17/h1-5,16H,6-13H2/t15-/m0/s1. The summed E-state index contributed by atoms with van der Waals surface area (Å²) in [6.45, 7) is 3.70. The average molecular weight is 342 g/mol. The van der Waals surface area contributed by atoms with Crippen LogP contribution in [0.2, 0.25) is 0 Å². The molecule has 0 radical (unpaired) electrons. The first-order valence-electron chi connectivity index (χ1n) is 7.58. The Kier molecular flexibility index (Phi) is 5.09. The van der Waals surface area contributed by atoms with Gasteiger partial charge in [0.05, 0.1) is 18.1 Å². The molecule has 2 aliphatic rings. The number of hydrogen-bond acceptors (Lipinski definition) is 5. The van der Waals surface area contributed by atoms with Gasteiger partial charge in [-0.3, -0.25) is 4.90 Å². The molecule has 0 bridgehead atoms. The summed E-state index contributed by atoms with van der Waals surface area (Å²) in [5, 5.41) is 0. The minimum absolute atomic E-state index is 0.0731. The molecule has 1 aromatic rings. The van der Waals surface area contributed by atoms with Gasteiger partial charge < -0.3 is 4.74 Å². The van der Waals surface area contributed by atoms with Crippen molar-refractivity contribution in [3.05, 3.63) is 30.3 Å². The second-order valence-corrected chi connectivity index (χ2v) is 8.64. The Morgan fingerprint density at radius 1 is 1.23 bits per heavy atom. The van der Waals surface area contributed by atoms with Gasteiger partial charge in [-0.1, -0.05) is 18.2 Å². The molecular formula is C15H22N2O3S2. The summed E-state index contributed by atoms with van der Waals surface area (Å²) in [6.07, 6.45) is 1.02. The number of rotatable bonds is 5. The van der Waals surface area contributed by atoms with Gasteiger partial charge in [0.25, 0.3) is 0 Å². The molecule has 0 amide bonds. The number of ether oxygens (including phenoxy) is 1. The maximum Gasteiger partial charge on any atom is 0.240 e. The molecule has 2 saturated heterocycles. The van der Waals surface area contributed by atoms with Gasteiger partial charge in [-0.25, -0.2) is 13.1 Å². The van der Waals surface area contributed by atoms with Gasteiger partial charge in [0.1, 0.15) is 0 Å². The highest BCUT2D eigenvalue weighted by Gasteiger charge is 2.41. The van der Waals surface area contributed by atoms with Crippen molar-refractivity contribution in [2.24, 2.45) is 0 Å². The van der Waals surface area contributed by atoms with Crippen LogP contribution in [-0.2, 0) is 14.8 Å². The fourth-order valence-electron chi connectivity index (χ4n) is 3.05.